The number of nitrogens with zero attached hydrogens (tertiary/aromatic N) is 3. The van der Waals surface area contributed by atoms with Gasteiger partial charge in [0.1, 0.15) is 5.75 Å². The van der Waals surface area contributed by atoms with E-state index in [0.29, 0.717) is 5.65 Å². The molecule has 1 N–H and O–H groups in total. The van der Waals surface area contributed by atoms with Crippen molar-refractivity contribution in [1.29, 1.82) is 0 Å². The lowest BCUT2D eigenvalue weighted by Gasteiger charge is -2.07. The molecule has 2 aromatic heterocycles. The first-order valence-corrected chi connectivity index (χ1v) is 10.6. The smallest absolute Gasteiger partial charge is 0.249 e. The highest BCUT2D eigenvalue weighted by atomic mass is 32.2. The van der Waals surface area contributed by atoms with Gasteiger partial charge in [0.2, 0.25) is 11.9 Å². The predicted octanol–water partition coefficient (Wildman–Crippen LogP) is 2.10. The molecule has 25 heavy (non-hydrogen) atoms. The fourth-order valence-electron chi connectivity index (χ4n) is 2.38. The Balaban J connectivity index is 1.90. The second kappa shape index (κ2) is 6.85. The van der Waals surface area contributed by atoms with E-state index >= 15 is 0 Å². The molecule has 9 heteroatoms. The normalized spacial score (nSPS) is 11.6. The van der Waals surface area contributed by atoms with Gasteiger partial charge in [-0.1, -0.05) is 18.2 Å². The second-order valence-electron chi connectivity index (χ2n) is 5.47. The Bertz CT molecular complexity index is 1040. The van der Waals surface area contributed by atoms with Crippen LogP contribution in [0.1, 0.15) is 0 Å². The zero-order valence-corrected chi connectivity index (χ0v) is 15.3. The molecule has 0 aliphatic carbocycles. The van der Waals surface area contributed by atoms with E-state index in [1.807, 2.05) is 42.8 Å². The van der Waals surface area contributed by atoms with Gasteiger partial charge in [0.25, 0.3) is 0 Å². The Kier molecular flexibility index (Phi) is 4.78. The van der Waals surface area contributed by atoms with Crippen LogP contribution in [0.25, 0.3) is 16.8 Å². The average molecular weight is 376 g/mol. The van der Waals surface area contributed by atoms with Crippen LogP contribution in [0.5, 0.6) is 0 Å². The molecule has 0 radical (unpaired) electrons. The number of carbonyl (C=O) groups excluding carboxylic acids is 1. The summed E-state index contributed by atoms with van der Waals surface area (Å²) >= 11 is 1.66. The molecule has 0 spiro atoms. The number of rotatable bonds is 5. The second-order valence-corrected chi connectivity index (χ2v) is 8.46. The summed E-state index contributed by atoms with van der Waals surface area (Å²) < 4.78 is 23.9. The van der Waals surface area contributed by atoms with Gasteiger partial charge in [0, 0.05) is 22.9 Å². The average Bonchev–Trinajstić information content (AvgIpc) is 2.93. The fraction of sp³-hybridized carbons (Fsp3) is 0.188. The standard InChI is InChI=1S/C16H16N4O3S2/c1-24-13-6-4-3-5-12(13)11-7-8-14-17-16(19-20(14)9-11)18-15(21)10-25(2,22)23/h3-9H,10H2,1-2H3,(H,18,19,21). The number of sulfone groups is 1. The van der Waals surface area contributed by atoms with Crippen molar-refractivity contribution >= 4 is 39.1 Å². The van der Waals surface area contributed by atoms with E-state index in [1.54, 1.807) is 22.3 Å². The zero-order valence-electron chi connectivity index (χ0n) is 13.6. The number of anilines is 1. The van der Waals surface area contributed by atoms with Gasteiger partial charge in [-0.3, -0.25) is 10.1 Å². The SMILES string of the molecule is CSc1ccccc1-c1ccc2nc(NC(=O)CS(C)(=O)=O)nn2c1. The Hall–Kier alpha value is -2.39. The summed E-state index contributed by atoms with van der Waals surface area (Å²) in [6.45, 7) is 0. The number of carbonyl (C=O) groups is 1. The maximum Gasteiger partial charge on any atom is 0.249 e. The van der Waals surface area contributed by atoms with Crippen molar-refractivity contribution in [3.63, 3.8) is 0 Å². The molecule has 7 nitrogen and oxygen atoms in total. The minimum absolute atomic E-state index is 0.0731. The Morgan fingerprint density at radius 3 is 2.72 bits per heavy atom. The van der Waals surface area contributed by atoms with E-state index in [1.165, 1.54) is 0 Å². The highest BCUT2D eigenvalue weighted by Gasteiger charge is 2.14. The van der Waals surface area contributed by atoms with Crippen LogP contribution >= 0.6 is 11.8 Å². The van der Waals surface area contributed by atoms with Crippen LogP contribution < -0.4 is 5.32 Å². The summed E-state index contributed by atoms with van der Waals surface area (Å²) in [4.78, 5) is 17.0. The molecule has 0 bridgehead atoms. The number of fused-ring (bicyclic) bond motifs is 1. The first-order valence-electron chi connectivity index (χ1n) is 7.33. The number of hydrogen-bond donors (Lipinski definition) is 1. The zero-order chi connectivity index (χ0) is 18.0. The van der Waals surface area contributed by atoms with Crippen LogP contribution in [0.15, 0.2) is 47.5 Å². The quantitative estimate of drug-likeness (QED) is 0.686. The third kappa shape index (κ3) is 4.18. The summed E-state index contributed by atoms with van der Waals surface area (Å²) in [5.41, 5.74) is 2.60. The summed E-state index contributed by atoms with van der Waals surface area (Å²) in [5, 5.41) is 6.60. The van der Waals surface area contributed by atoms with E-state index < -0.39 is 21.5 Å². The van der Waals surface area contributed by atoms with Crippen molar-refractivity contribution in [2.45, 2.75) is 4.90 Å². The Morgan fingerprint density at radius 2 is 2.00 bits per heavy atom. The number of amides is 1. The molecule has 0 fully saturated rings. The molecule has 3 rings (SSSR count). The van der Waals surface area contributed by atoms with E-state index in [-0.39, 0.29) is 5.95 Å². The monoisotopic (exact) mass is 376 g/mol. The summed E-state index contributed by atoms with van der Waals surface area (Å²) in [6.07, 6.45) is 4.84. The van der Waals surface area contributed by atoms with Crippen molar-refractivity contribution in [1.82, 2.24) is 14.6 Å². The van der Waals surface area contributed by atoms with E-state index in [4.69, 9.17) is 0 Å². The molecule has 0 saturated heterocycles. The fourth-order valence-corrected chi connectivity index (χ4v) is 3.55. The first-order chi connectivity index (χ1) is 11.9. The van der Waals surface area contributed by atoms with Gasteiger partial charge in [0.15, 0.2) is 15.5 Å². The van der Waals surface area contributed by atoms with E-state index in [9.17, 15) is 13.2 Å². The molecule has 2 heterocycles. The van der Waals surface area contributed by atoms with E-state index in [0.717, 1.165) is 22.3 Å². The molecule has 0 saturated carbocycles. The van der Waals surface area contributed by atoms with Crippen LogP contribution in [0.3, 0.4) is 0 Å². The summed E-state index contributed by atoms with van der Waals surface area (Å²) in [6, 6.07) is 11.8. The van der Waals surface area contributed by atoms with Crippen molar-refractivity contribution in [2.24, 2.45) is 0 Å². The topological polar surface area (TPSA) is 93.4 Å². The number of benzene rings is 1. The number of aromatic nitrogens is 3. The largest absolute Gasteiger partial charge is 0.292 e. The highest BCUT2D eigenvalue weighted by Crippen LogP contribution is 2.29. The number of thioether (sulfide) groups is 1. The third-order valence-electron chi connectivity index (χ3n) is 3.39. The lowest BCUT2D eigenvalue weighted by molar-refractivity contribution is -0.113. The van der Waals surface area contributed by atoms with E-state index in [2.05, 4.69) is 15.4 Å². The highest BCUT2D eigenvalue weighted by molar-refractivity contribution is 7.98. The molecule has 0 aliphatic rings. The van der Waals surface area contributed by atoms with Crippen LogP contribution in [-0.2, 0) is 14.6 Å². The van der Waals surface area contributed by atoms with Crippen LogP contribution in [0.2, 0.25) is 0 Å². The Labute approximate surface area is 149 Å². The molecule has 0 aliphatic heterocycles. The molecular formula is C16H16N4O3S2. The lowest BCUT2D eigenvalue weighted by atomic mass is 10.1. The van der Waals surface area contributed by atoms with Crippen molar-refractivity contribution in [3.05, 3.63) is 42.6 Å². The number of nitrogens with one attached hydrogen (secondary N) is 1. The molecule has 1 amide bonds. The van der Waals surface area contributed by atoms with Crippen molar-refractivity contribution < 1.29 is 13.2 Å². The molecule has 0 atom stereocenters. The number of hydrogen-bond acceptors (Lipinski definition) is 6. The Morgan fingerprint density at radius 1 is 1.24 bits per heavy atom. The van der Waals surface area contributed by atoms with Gasteiger partial charge in [-0.2, -0.15) is 4.98 Å². The minimum Gasteiger partial charge on any atom is -0.292 e. The first kappa shape index (κ1) is 17.4. The molecule has 1 aromatic carbocycles. The van der Waals surface area contributed by atoms with Crippen LogP contribution in [-0.4, -0.2) is 47.2 Å². The maximum absolute atomic E-state index is 11.7. The van der Waals surface area contributed by atoms with Gasteiger partial charge in [-0.25, -0.2) is 12.9 Å². The van der Waals surface area contributed by atoms with Crippen molar-refractivity contribution in [2.75, 3.05) is 23.6 Å². The molecule has 130 valence electrons. The molecule has 0 unspecified atom stereocenters. The third-order valence-corrected chi connectivity index (χ3v) is 4.98. The van der Waals surface area contributed by atoms with Gasteiger partial charge in [-0.15, -0.1) is 16.9 Å². The van der Waals surface area contributed by atoms with Crippen molar-refractivity contribution in [3.8, 4) is 11.1 Å². The maximum atomic E-state index is 11.7. The predicted molar refractivity (Wildman–Crippen MR) is 98.5 cm³/mol. The van der Waals surface area contributed by atoms with Crippen LogP contribution in [0, 0.1) is 0 Å². The molecular weight excluding hydrogens is 360 g/mol. The molecule has 3 aromatic rings. The summed E-state index contributed by atoms with van der Waals surface area (Å²) in [7, 11) is -3.40. The van der Waals surface area contributed by atoms with Gasteiger partial charge in [0.05, 0.1) is 0 Å². The van der Waals surface area contributed by atoms with Gasteiger partial charge in [-0.05, 0) is 30.0 Å². The minimum atomic E-state index is -3.40. The van der Waals surface area contributed by atoms with Gasteiger partial charge < -0.3 is 0 Å². The lowest BCUT2D eigenvalue weighted by Crippen LogP contribution is -2.22. The number of pyridine rings is 1. The summed E-state index contributed by atoms with van der Waals surface area (Å²) in [5.74, 6) is -1.19. The van der Waals surface area contributed by atoms with Crippen LogP contribution in [0.4, 0.5) is 5.95 Å². The van der Waals surface area contributed by atoms with Gasteiger partial charge >= 0.3 is 0 Å².